The van der Waals surface area contributed by atoms with Crippen molar-refractivity contribution in [3.63, 3.8) is 0 Å². The summed E-state index contributed by atoms with van der Waals surface area (Å²) in [6.07, 6.45) is 0.410. The lowest BCUT2D eigenvalue weighted by molar-refractivity contribution is -0.122. The second-order valence-electron chi connectivity index (χ2n) is 6.48. The van der Waals surface area contributed by atoms with Gasteiger partial charge in [0.1, 0.15) is 11.0 Å². The van der Waals surface area contributed by atoms with Gasteiger partial charge in [-0.2, -0.15) is 0 Å². The average Bonchev–Trinajstić information content (AvgIpc) is 3.10. The van der Waals surface area contributed by atoms with E-state index in [4.69, 9.17) is 0 Å². The van der Waals surface area contributed by atoms with E-state index in [0.29, 0.717) is 22.8 Å². The highest BCUT2D eigenvalue weighted by atomic mass is 32.1. The summed E-state index contributed by atoms with van der Waals surface area (Å²) in [6, 6.07) is 15.5. The smallest absolute Gasteiger partial charge is 0.254 e. The molecule has 3 N–H and O–H groups in total. The summed E-state index contributed by atoms with van der Waals surface area (Å²) in [5.41, 5.74) is 1.88. The molecule has 4 rings (SSSR count). The number of fused-ring (bicyclic) bond motifs is 1. The van der Waals surface area contributed by atoms with Crippen molar-refractivity contribution in [2.75, 3.05) is 10.6 Å². The van der Waals surface area contributed by atoms with E-state index in [1.807, 2.05) is 30.3 Å². The summed E-state index contributed by atoms with van der Waals surface area (Å²) in [4.78, 5) is 37.1. The lowest BCUT2D eigenvalue weighted by Crippen LogP contribution is -2.43. The Bertz CT molecular complexity index is 1070. The molecule has 0 spiro atoms. The number of nitrogens with zero attached hydrogens (tertiary/aromatic N) is 2. The molecule has 1 aliphatic rings. The molecule has 1 aromatic heterocycles. The van der Waals surface area contributed by atoms with Crippen LogP contribution >= 0.6 is 11.3 Å². The zero-order valence-electron chi connectivity index (χ0n) is 15.2. The van der Waals surface area contributed by atoms with E-state index in [0.717, 1.165) is 10.6 Å². The Morgan fingerprint density at radius 2 is 1.79 bits per heavy atom. The third-order valence-corrected chi connectivity index (χ3v) is 5.19. The molecule has 3 amide bonds. The van der Waals surface area contributed by atoms with Crippen molar-refractivity contribution in [3.8, 4) is 0 Å². The van der Waals surface area contributed by atoms with Crippen molar-refractivity contribution >= 4 is 39.9 Å². The standard InChI is InChI=1S/C20H17N5O3S/c26-16(23-20-25-24-17(29-20)10-12-6-2-1-3-7-12)11-15-19(28)21-14-9-5-4-8-13(14)18(27)22-15/h1-9,15H,10-11H2,(H,21,28)(H,22,27)(H,23,25,26)/t15-/m0/s1. The number of hydrogen-bond donors (Lipinski definition) is 3. The highest BCUT2D eigenvalue weighted by molar-refractivity contribution is 7.15. The van der Waals surface area contributed by atoms with Crippen LogP contribution in [0.25, 0.3) is 0 Å². The Hall–Kier alpha value is -3.59. The van der Waals surface area contributed by atoms with Crippen molar-refractivity contribution < 1.29 is 14.4 Å². The van der Waals surface area contributed by atoms with Crippen LogP contribution in [-0.4, -0.2) is 34.0 Å². The molecule has 0 fully saturated rings. The fraction of sp³-hybridized carbons (Fsp3) is 0.150. The van der Waals surface area contributed by atoms with Gasteiger partial charge in [-0.25, -0.2) is 0 Å². The molecule has 2 heterocycles. The highest BCUT2D eigenvalue weighted by Gasteiger charge is 2.29. The Morgan fingerprint density at radius 1 is 1.03 bits per heavy atom. The van der Waals surface area contributed by atoms with E-state index in [1.165, 1.54) is 11.3 Å². The van der Waals surface area contributed by atoms with Gasteiger partial charge in [0.25, 0.3) is 5.91 Å². The second kappa shape index (κ2) is 8.19. The van der Waals surface area contributed by atoms with Crippen LogP contribution in [0.5, 0.6) is 0 Å². The molecule has 0 bridgehead atoms. The van der Waals surface area contributed by atoms with E-state index in [1.54, 1.807) is 24.3 Å². The van der Waals surface area contributed by atoms with Crippen molar-refractivity contribution in [3.05, 3.63) is 70.7 Å². The van der Waals surface area contributed by atoms with Gasteiger partial charge >= 0.3 is 0 Å². The molecular formula is C20H17N5O3S. The lowest BCUT2D eigenvalue weighted by Gasteiger charge is -2.13. The van der Waals surface area contributed by atoms with Gasteiger partial charge in [0.15, 0.2) is 0 Å². The van der Waals surface area contributed by atoms with Crippen LogP contribution < -0.4 is 16.0 Å². The minimum absolute atomic E-state index is 0.209. The van der Waals surface area contributed by atoms with Gasteiger partial charge in [-0.15, -0.1) is 10.2 Å². The summed E-state index contributed by atoms with van der Waals surface area (Å²) in [6.45, 7) is 0. The van der Waals surface area contributed by atoms with Crippen LogP contribution in [0.4, 0.5) is 10.8 Å². The van der Waals surface area contributed by atoms with E-state index in [2.05, 4.69) is 26.1 Å². The maximum atomic E-state index is 12.4. The molecule has 0 radical (unpaired) electrons. The van der Waals surface area contributed by atoms with Crippen LogP contribution in [0.1, 0.15) is 27.3 Å². The maximum Gasteiger partial charge on any atom is 0.254 e. The second-order valence-corrected chi connectivity index (χ2v) is 7.54. The van der Waals surface area contributed by atoms with Crippen molar-refractivity contribution in [1.82, 2.24) is 15.5 Å². The molecule has 0 saturated heterocycles. The van der Waals surface area contributed by atoms with Crippen LogP contribution in [0.2, 0.25) is 0 Å². The summed E-state index contributed by atoms with van der Waals surface area (Å²) in [5, 5.41) is 17.1. The molecule has 146 valence electrons. The molecule has 29 heavy (non-hydrogen) atoms. The first kappa shape index (κ1) is 18.8. The number of nitrogens with one attached hydrogen (secondary N) is 3. The molecule has 8 nitrogen and oxygen atoms in total. The van der Waals surface area contributed by atoms with Crippen LogP contribution in [0.15, 0.2) is 54.6 Å². The summed E-state index contributed by atoms with van der Waals surface area (Å²) < 4.78 is 0. The monoisotopic (exact) mass is 407 g/mol. The maximum absolute atomic E-state index is 12.4. The van der Waals surface area contributed by atoms with E-state index >= 15 is 0 Å². The zero-order valence-corrected chi connectivity index (χ0v) is 16.0. The normalized spacial score (nSPS) is 15.7. The Labute approximate surface area is 170 Å². The number of aromatic nitrogens is 2. The fourth-order valence-corrected chi connectivity index (χ4v) is 3.75. The number of amides is 3. The quantitative estimate of drug-likeness (QED) is 0.600. The van der Waals surface area contributed by atoms with Crippen molar-refractivity contribution in [1.29, 1.82) is 0 Å². The summed E-state index contributed by atoms with van der Waals surface area (Å²) in [7, 11) is 0. The topological polar surface area (TPSA) is 113 Å². The molecule has 1 aliphatic heterocycles. The van der Waals surface area contributed by atoms with Gasteiger partial charge < -0.3 is 16.0 Å². The SMILES string of the molecule is O=C(C[C@@H]1NC(=O)c2ccccc2NC1=O)Nc1nnc(Cc2ccccc2)s1. The van der Waals surface area contributed by atoms with Gasteiger partial charge in [0.05, 0.1) is 17.7 Å². The van der Waals surface area contributed by atoms with Crippen molar-refractivity contribution in [2.24, 2.45) is 0 Å². The third kappa shape index (κ3) is 4.46. The average molecular weight is 407 g/mol. The molecular weight excluding hydrogens is 390 g/mol. The largest absolute Gasteiger partial charge is 0.340 e. The van der Waals surface area contributed by atoms with Crippen LogP contribution in [0, 0.1) is 0 Å². The molecule has 0 unspecified atom stereocenters. The highest BCUT2D eigenvalue weighted by Crippen LogP contribution is 2.21. The number of carbonyl (C=O) groups excluding carboxylic acids is 3. The van der Waals surface area contributed by atoms with Crippen molar-refractivity contribution in [2.45, 2.75) is 18.9 Å². The molecule has 0 saturated carbocycles. The van der Waals surface area contributed by atoms with E-state index < -0.39 is 23.8 Å². The van der Waals surface area contributed by atoms with Gasteiger partial charge in [0, 0.05) is 6.42 Å². The number of para-hydroxylation sites is 1. The Kier molecular flexibility index (Phi) is 5.30. The van der Waals surface area contributed by atoms with E-state index in [-0.39, 0.29) is 6.42 Å². The number of rotatable bonds is 5. The summed E-state index contributed by atoms with van der Waals surface area (Å²) in [5.74, 6) is -1.28. The summed E-state index contributed by atoms with van der Waals surface area (Å²) >= 11 is 1.27. The molecule has 9 heteroatoms. The molecule has 2 aromatic carbocycles. The first-order valence-electron chi connectivity index (χ1n) is 8.95. The number of anilines is 2. The zero-order chi connectivity index (χ0) is 20.2. The Balaban J connectivity index is 1.37. The van der Waals surface area contributed by atoms with Gasteiger partial charge in [-0.1, -0.05) is 53.8 Å². The van der Waals surface area contributed by atoms with E-state index in [9.17, 15) is 14.4 Å². The molecule has 3 aromatic rings. The first-order valence-corrected chi connectivity index (χ1v) is 9.77. The first-order chi connectivity index (χ1) is 14.1. The van der Waals surface area contributed by atoms with Gasteiger partial charge in [0.2, 0.25) is 16.9 Å². The van der Waals surface area contributed by atoms with Gasteiger partial charge in [-0.05, 0) is 17.7 Å². The minimum atomic E-state index is -0.980. The molecule has 0 aliphatic carbocycles. The Morgan fingerprint density at radius 3 is 2.62 bits per heavy atom. The van der Waals surface area contributed by atoms with Crippen LogP contribution in [-0.2, 0) is 16.0 Å². The van der Waals surface area contributed by atoms with Crippen LogP contribution in [0.3, 0.4) is 0 Å². The third-order valence-electron chi connectivity index (χ3n) is 4.35. The lowest BCUT2D eigenvalue weighted by atomic mass is 10.1. The predicted octanol–water partition coefficient (Wildman–Crippen LogP) is 2.21. The number of carbonyl (C=O) groups is 3. The minimum Gasteiger partial charge on any atom is -0.340 e. The number of benzene rings is 2. The van der Waals surface area contributed by atoms with Gasteiger partial charge in [-0.3, -0.25) is 14.4 Å². The fourth-order valence-electron chi connectivity index (χ4n) is 2.96. The number of hydrogen-bond acceptors (Lipinski definition) is 6. The molecule has 1 atom stereocenters. The predicted molar refractivity (Wildman–Crippen MR) is 109 cm³/mol.